The van der Waals surface area contributed by atoms with Crippen LogP contribution in [0.5, 0.6) is 0 Å². The standard InChI is InChI=1S/C12H13FN2/c1-7(2)9-4-11-12(5-10(9)13)15-8(3)6-14-11/h4-7H,1-3H3. The lowest BCUT2D eigenvalue weighted by Gasteiger charge is -2.08. The van der Waals surface area contributed by atoms with Crippen LogP contribution >= 0.6 is 0 Å². The van der Waals surface area contributed by atoms with Crippen LogP contribution in [-0.2, 0) is 0 Å². The molecule has 0 atom stereocenters. The highest BCUT2D eigenvalue weighted by Crippen LogP contribution is 2.22. The lowest BCUT2D eigenvalue weighted by atomic mass is 10.0. The fourth-order valence-corrected chi connectivity index (χ4v) is 1.58. The number of aryl methyl sites for hydroxylation is 1. The van der Waals surface area contributed by atoms with Gasteiger partial charge >= 0.3 is 0 Å². The van der Waals surface area contributed by atoms with Crippen molar-refractivity contribution in [1.82, 2.24) is 9.97 Å². The van der Waals surface area contributed by atoms with Crippen molar-refractivity contribution in [2.45, 2.75) is 26.7 Å². The summed E-state index contributed by atoms with van der Waals surface area (Å²) < 4.78 is 13.6. The third kappa shape index (κ3) is 1.82. The predicted molar refractivity (Wildman–Crippen MR) is 58.3 cm³/mol. The summed E-state index contributed by atoms with van der Waals surface area (Å²) in [6.07, 6.45) is 1.70. The minimum Gasteiger partial charge on any atom is -0.253 e. The van der Waals surface area contributed by atoms with Crippen molar-refractivity contribution in [1.29, 1.82) is 0 Å². The monoisotopic (exact) mass is 204 g/mol. The molecule has 0 unspecified atom stereocenters. The van der Waals surface area contributed by atoms with Crippen molar-refractivity contribution in [3.8, 4) is 0 Å². The second-order valence-corrected chi connectivity index (χ2v) is 4.03. The lowest BCUT2D eigenvalue weighted by molar-refractivity contribution is 0.600. The first-order valence-corrected chi connectivity index (χ1v) is 5.00. The van der Waals surface area contributed by atoms with Crippen molar-refractivity contribution >= 4 is 11.0 Å². The van der Waals surface area contributed by atoms with Crippen molar-refractivity contribution in [2.24, 2.45) is 0 Å². The largest absolute Gasteiger partial charge is 0.253 e. The molecule has 0 N–H and O–H groups in total. The summed E-state index contributed by atoms with van der Waals surface area (Å²) in [6, 6.07) is 3.24. The average Bonchev–Trinajstić information content (AvgIpc) is 2.15. The molecule has 0 bridgehead atoms. The molecule has 2 aromatic rings. The van der Waals surface area contributed by atoms with Crippen LogP contribution in [-0.4, -0.2) is 9.97 Å². The molecule has 2 nitrogen and oxygen atoms in total. The molecule has 0 amide bonds. The minimum absolute atomic E-state index is 0.164. The zero-order valence-corrected chi connectivity index (χ0v) is 9.08. The van der Waals surface area contributed by atoms with Gasteiger partial charge in [0.25, 0.3) is 0 Å². The van der Waals surface area contributed by atoms with Gasteiger partial charge in [-0.05, 0) is 24.5 Å². The Morgan fingerprint density at radius 2 is 1.93 bits per heavy atom. The fraction of sp³-hybridized carbons (Fsp3) is 0.333. The van der Waals surface area contributed by atoms with Crippen molar-refractivity contribution < 1.29 is 4.39 Å². The number of hydrogen-bond acceptors (Lipinski definition) is 2. The van der Waals surface area contributed by atoms with Crippen LogP contribution < -0.4 is 0 Å². The highest BCUT2D eigenvalue weighted by Gasteiger charge is 2.09. The van der Waals surface area contributed by atoms with Crippen LogP contribution in [0.15, 0.2) is 18.3 Å². The first-order chi connectivity index (χ1) is 7.08. The van der Waals surface area contributed by atoms with E-state index in [1.54, 1.807) is 12.3 Å². The van der Waals surface area contributed by atoms with E-state index in [1.807, 2.05) is 20.8 Å². The van der Waals surface area contributed by atoms with Gasteiger partial charge in [0, 0.05) is 12.3 Å². The maximum Gasteiger partial charge on any atom is 0.128 e. The topological polar surface area (TPSA) is 25.8 Å². The van der Waals surface area contributed by atoms with E-state index in [-0.39, 0.29) is 11.7 Å². The number of nitrogens with zero attached hydrogens (tertiary/aromatic N) is 2. The number of rotatable bonds is 1. The quantitative estimate of drug-likeness (QED) is 0.712. The first kappa shape index (κ1) is 10.0. The SMILES string of the molecule is Cc1cnc2cc(C(C)C)c(F)cc2n1. The summed E-state index contributed by atoms with van der Waals surface area (Å²) >= 11 is 0. The van der Waals surface area contributed by atoms with E-state index in [2.05, 4.69) is 9.97 Å². The fourth-order valence-electron chi connectivity index (χ4n) is 1.58. The van der Waals surface area contributed by atoms with Gasteiger partial charge < -0.3 is 0 Å². The predicted octanol–water partition coefficient (Wildman–Crippen LogP) is 3.20. The summed E-state index contributed by atoms with van der Waals surface area (Å²) in [7, 11) is 0. The third-order valence-electron chi connectivity index (χ3n) is 2.40. The second-order valence-electron chi connectivity index (χ2n) is 4.03. The van der Waals surface area contributed by atoms with Gasteiger partial charge in [-0.25, -0.2) is 9.37 Å². The van der Waals surface area contributed by atoms with E-state index in [4.69, 9.17) is 0 Å². The third-order valence-corrected chi connectivity index (χ3v) is 2.40. The molecule has 1 aromatic carbocycles. The van der Waals surface area contributed by atoms with E-state index in [0.717, 1.165) is 11.2 Å². The highest BCUT2D eigenvalue weighted by molar-refractivity contribution is 5.75. The average molecular weight is 204 g/mol. The molecule has 2 rings (SSSR count). The van der Waals surface area contributed by atoms with E-state index in [0.29, 0.717) is 11.1 Å². The zero-order valence-electron chi connectivity index (χ0n) is 9.08. The van der Waals surface area contributed by atoms with Gasteiger partial charge in [0.1, 0.15) is 5.82 Å². The summed E-state index contributed by atoms with van der Waals surface area (Å²) in [5.74, 6) is -0.0325. The Balaban J connectivity index is 2.71. The van der Waals surface area contributed by atoms with Crippen LogP contribution in [0, 0.1) is 12.7 Å². The Morgan fingerprint density at radius 3 is 2.60 bits per heavy atom. The molecule has 3 heteroatoms. The van der Waals surface area contributed by atoms with Gasteiger partial charge in [-0.15, -0.1) is 0 Å². The molecule has 1 aromatic heterocycles. The number of hydrogen-bond donors (Lipinski definition) is 0. The molecule has 0 saturated carbocycles. The number of fused-ring (bicyclic) bond motifs is 1. The Hall–Kier alpha value is -1.51. The Morgan fingerprint density at radius 1 is 1.20 bits per heavy atom. The normalized spacial score (nSPS) is 11.3. The van der Waals surface area contributed by atoms with Gasteiger partial charge in [-0.2, -0.15) is 0 Å². The molecule has 0 radical (unpaired) electrons. The lowest BCUT2D eigenvalue weighted by Crippen LogP contribution is -1.96. The Bertz CT molecular complexity index is 506. The van der Waals surface area contributed by atoms with Gasteiger partial charge in [-0.3, -0.25) is 4.98 Å². The van der Waals surface area contributed by atoms with Crippen molar-refractivity contribution in [3.63, 3.8) is 0 Å². The molecular weight excluding hydrogens is 191 g/mol. The van der Waals surface area contributed by atoms with Gasteiger partial charge in [0.2, 0.25) is 0 Å². The van der Waals surface area contributed by atoms with E-state index >= 15 is 0 Å². The minimum atomic E-state index is -0.197. The second kappa shape index (κ2) is 3.57. The van der Waals surface area contributed by atoms with Crippen LogP contribution in [0.3, 0.4) is 0 Å². The van der Waals surface area contributed by atoms with E-state index in [9.17, 15) is 4.39 Å². The highest BCUT2D eigenvalue weighted by atomic mass is 19.1. The molecular formula is C12H13FN2. The van der Waals surface area contributed by atoms with Gasteiger partial charge in [0.05, 0.1) is 16.7 Å². The van der Waals surface area contributed by atoms with Crippen molar-refractivity contribution in [3.05, 3.63) is 35.4 Å². The van der Waals surface area contributed by atoms with Gasteiger partial charge in [0.15, 0.2) is 0 Å². The summed E-state index contributed by atoms with van der Waals surface area (Å²) in [4.78, 5) is 8.47. The van der Waals surface area contributed by atoms with Crippen LogP contribution in [0.2, 0.25) is 0 Å². The molecule has 0 saturated heterocycles. The van der Waals surface area contributed by atoms with E-state index < -0.39 is 0 Å². The molecule has 1 heterocycles. The Kier molecular flexibility index (Phi) is 2.39. The van der Waals surface area contributed by atoms with Crippen LogP contribution in [0.4, 0.5) is 4.39 Å². The molecule has 0 aliphatic carbocycles. The maximum absolute atomic E-state index is 13.6. The molecule has 0 aliphatic rings. The zero-order chi connectivity index (χ0) is 11.0. The smallest absolute Gasteiger partial charge is 0.128 e. The molecule has 78 valence electrons. The number of benzene rings is 1. The van der Waals surface area contributed by atoms with Crippen molar-refractivity contribution in [2.75, 3.05) is 0 Å². The van der Waals surface area contributed by atoms with Crippen LogP contribution in [0.1, 0.15) is 31.0 Å². The van der Waals surface area contributed by atoms with E-state index in [1.165, 1.54) is 6.07 Å². The molecule has 0 spiro atoms. The summed E-state index contributed by atoms with van der Waals surface area (Å²) in [6.45, 7) is 5.78. The number of halogens is 1. The first-order valence-electron chi connectivity index (χ1n) is 5.00. The maximum atomic E-state index is 13.6. The van der Waals surface area contributed by atoms with Gasteiger partial charge in [-0.1, -0.05) is 13.8 Å². The summed E-state index contributed by atoms with van der Waals surface area (Å²) in [5, 5.41) is 0. The summed E-state index contributed by atoms with van der Waals surface area (Å²) in [5.41, 5.74) is 2.88. The van der Waals surface area contributed by atoms with Crippen LogP contribution in [0.25, 0.3) is 11.0 Å². The Labute approximate surface area is 88.2 Å². The molecule has 15 heavy (non-hydrogen) atoms. The molecule has 0 aliphatic heterocycles. The number of aromatic nitrogens is 2. The molecule has 0 fully saturated rings.